The monoisotopic (exact) mass is 216 g/mol. The van der Waals surface area contributed by atoms with Crippen LogP contribution in [0.4, 0.5) is 0 Å². The Morgan fingerprint density at radius 1 is 1.38 bits per heavy atom. The molecule has 0 aromatic heterocycles. The van der Waals surface area contributed by atoms with Gasteiger partial charge in [0.25, 0.3) is 0 Å². The normalized spacial score (nSPS) is 9.50. The second-order valence-electron chi connectivity index (χ2n) is 3.80. The summed E-state index contributed by atoms with van der Waals surface area (Å²) in [5, 5.41) is 0. The molecular formula is C14H16O2. The lowest BCUT2D eigenvalue weighted by atomic mass is 9.97. The molecule has 0 fully saturated rings. The van der Waals surface area contributed by atoms with Gasteiger partial charge in [0.15, 0.2) is 0 Å². The fourth-order valence-corrected chi connectivity index (χ4v) is 1.40. The highest BCUT2D eigenvalue weighted by Gasteiger charge is 2.02. The van der Waals surface area contributed by atoms with Gasteiger partial charge in [0, 0.05) is 5.56 Å². The molecule has 0 spiro atoms. The molecule has 0 N–H and O–H groups in total. The molecule has 1 rings (SSSR count). The summed E-state index contributed by atoms with van der Waals surface area (Å²) in [6, 6.07) is 7.99. The Balaban J connectivity index is 2.84. The predicted octanol–water partition coefficient (Wildman–Crippen LogP) is 2.72. The number of esters is 1. The Labute approximate surface area is 96.6 Å². The van der Waals surface area contributed by atoms with Crippen LogP contribution in [-0.2, 0) is 9.53 Å². The van der Waals surface area contributed by atoms with Crippen LogP contribution in [0, 0.1) is 11.8 Å². The quantitative estimate of drug-likeness (QED) is 0.561. The zero-order valence-electron chi connectivity index (χ0n) is 9.91. The molecule has 2 nitrogen and oxygen atoms in total. The van der Waals surface area contributed by atoms with Crippen molar-refractivity contribution in [1.29, 1.82) is 0 Å². The number of benzene rings is 1. The van der Waals surface area contributed by atoms with Gasteiger partial charge in [-0.3, -0.25) is 4.79 Å². The maximum atomic E-state index is 10.9. The SMILES string of the molecule is COC(=O)CC#Cc1ccccc1C(C)C. The molecule has 0 saturated carbocycles. The average molecular weight is 216 g/mol. The van der Waals surface area contributed by atoms with Crippen molar-refractivity contribution in [2.45, 2.75) is 26.2 Å². The zero-order chi connectivity index (χ0) is 12.0. The third-order valence-corrected chi connectivity index (χ3v) is 2.27. The highest BCUT2D eigenvalue weighted by molar-refractivity contribution is 5.72. The minimum Gasteiger partial charge on any atom is -0.468 e. The van der Waals surface area contributed by atoms with Crippen molar-refractivity contribution in [3.63, 3.8) is 0 Å². The molecule has 1 aromatic rings. The lowest BCUT2D eigenvalue weighted by Gasteiger charge is -2.07. The summed E-state index contributed by atoms with van der Waals surface area (Å²) in [7, 11) is 1.37. The van der Waals surface area contributed by atoms with Gasteiger partial charge < -0.3 is 4.74 Å². The summed E-state index contributed by atoms with van der Waals surface area (Å²) >= 11 is 0. The predicted molar refractivity (Wildman–Crippen MR) is 64.0 cm³/mol. The Morgan fingerprint density at radius 3 is 2.69 bits per heavy atom. The standard InChI is InChI=1S/C14H16O2/c1-11(2)13-9-5-4-7-12(13)8-6-10-14(15)16-3/h4-5,7,9,11H,10H2,1-3H3. The van der Waals surface area contributed by atoms with Crippen molar-refractivity contribution < 1.29 is 9.53 Å². The summed E-state index contributed by atoms with van der Waals surface area (Å²) in [5.74, 6) is 5.97. The van der Waals surface area contributed by atoms with Gasteiger partial charge in [-0.05, 0) is 17.5 Å². The molecule has 0 atom stereocenters. The topological polar surface area (TPSA) is 26.3 Å². The van der Waals surface area contributed by atoms with Gasteiger partial charge in [-0.25, -0.2) is 0 Å². The van der Waals surface area contributed by atoms with E-state index < -0.39 is 0 Å². The number of hydrogen-bond donors (Lipinski definition) is 0. The van der Waals surface area contributed by atoms with E-state index in [9.17, 15) is 4.79 Å². The van der Waals surface area contributed by atoms with E-state index in [0.717, 1.165) is 5.56 Å². The maximum absolute atomic E-state index is 10.9. The molecule has 0 bridgehead atoms. The Hall–Kier alpha value is -1.75. The maximum Gasteiger partial charge on any atom is 0.317 e. The Kier molecular flexibility index (Phi) is 4.60. The first-order chi connectivity index (χ1) is 7.65. The number of carbonyl (C=O) groups is 1. The van der Waals surface area contributed by atoms with E-state index >= 15 is 0 Å². The number of rotatable bonds is 2. The molecule has 0 heterocycles. The van der Waals surface area contributed by atoms with Crippen molar-refractivity contribution in [3.05, 3.63) is 35.4 Å². The molecule has 2 heteroatoms. The van der Waals surface area contributed by atoms with Crippen molar-refractivity contribution >= 4 is 5.97 Å². The van der Waals surface area contributed by atoms with Crippen molar-refractivity contribution in [1.82, 2.24) is 0 Å². The fraction of sp³-hybridized carbons (Fsp3) is 0.357. The summed E-state index contributed by atoms with van der Waals surface area (Å²) in [4.78, 5) is 10.9. The van der Waals surface area contributed by atoms with Crippen LogP contribution in [0.5, 0.6) is 0 Å². The summed E-state index contributed by atoms with van der Waals surface area (Å²) in [6.07, 6.45) is 0.142. The molecule has 0 aliphatic carbocycles. The van der Waals surface area contributed by atoms with E-state index in [1.165, 1.54) is 12.7 Å². The largest absolute Gasteiger partial charge is 0.468 e. The van der Waals surface area contributed by atoms with Crippen LogP contribution in [0.1, 0.15) is 37.3 Å². The smallest absolute Gasteiger partial charge is 0.317 e. The molecule has 0 radical (unpaired) electrons. The number of methoxy groups -OCH3 is 1. The summed E-state index contributed by atoms with van der Waals surface area (Å²) < 4.78 is 4.52. The van der Waals surface area contributed by atoms with Gasteiger partial charge in [0.2, 0.25) is 0 Å². The van der Waals surface area contributed by atoms with Gasteiger partial charge in [-0.1, -0.05) is 43.9 Å². The molecular weight excluding hydrogens is 200 g/mol. The molecule has 1 aromatic carbocycles. The summed E-state index contributed by atoms with van der Waals surface area (Å²) in [5.41, 5.74) is 2.20. The van der Waals surface area contributed by atoms with Crippen LogP contribution in [0.15, 0.2) is 24.3 Å². The molecule has 0 saturated heterocycles. The van der Waals surface area contributed by atoms with E-state index in [-0.39, 0.29) is 12.4 Å². The lowest BCUT2D eigenvalue weighted by Crippen LogP contribution is -1.97. The van der Waals surface area contributed by atoms with Crippen molar-refractivity contribution in [2.24, 2.45) is 0 Å². The first kappa shape index (κ1) is 12.3. The summed E-state index contributed by atoms with van der Waals surface area (Å²) in [6.45, 7) is 4.25. The average Bonchev–Trinajstić information content (AvgIpc) is 2.29. The zero-order valence-corrected chi connectivity index (χ0v) is 9.91. The second kappa shape index (κ2) is 5.97. The van der Waals surface area contributed by atoms with Gasteiger partial charge in [-0.2, -0.15) is 0 Å². The first-order valence-electron chi connectivity index (χ1n) is 5.29. The minimum atomic E-state index is -0.297. The van der Waals surface area contributed by atoms with Gasteiger partial charge >= 0.3 is 5.97 Å². The van der Waals surface area contributed by atoms with E-state index in [1.54, 1.807) is 0 Å². The van der Waals surface area contributed by atoms with E-state index in [4.69, 9.17) is 0 Å². The Bertz CT molecular complexity index is 422. The first-order valence-corrected chi connectivity index (χ1v) is 5.29. The van der Waals surface area contributed by atoms with Crippen LogP contribution < -0.4 is 0 Å². The van der Waals surface area contributed by atoms with E-state index in [2.05, 4.69) is 36.5 Å². The van der Waals surface area contributed by atoms with Crippen LogP contribution in [0.3, 0.4) is 0 Å². The number of carbonyl (C=O) groups excluding carboxylic acids is 1. The number of hydrogen-bond acceptors (Lipinski definition) is 2. The fourth-order valence-electron chi connectivity index (χ4n) is 1.40. The highest BCUT2D eigenvalue weighted by atomic mass is 16.5. The van der Waals surface area contributed by atoms with Crippen LogP contribution >= 0.6 is 0 Å². The van der Waals surface area contributed by atoms with Crippen molar-refractivity contribution in [2.75, 3.05) is 7.11 Å². The van der Waals surface area contributed by atoms with Crippen LogP contribution in [0.2, 0.25) is 0 Å². The molecule has 0 unspecified atom stereocenters. The number of ether oxygens (including phenoxy) is 1. The molecule has 16 heavy (non-hydrogen) atoms. The molecule has 84 valence electrons. The lowest BCUT2D eigenvalue weighted by molar-refractivity contribution is -0.139. The second-order valence-corrected chi connectivity index (χ2v) is 3.80. The van der Waals surface area contributed by atoms with Gasteiger partial charge in [-0.15, -0.1) is 0 Å². The van der Waals surface area contributed by atoms with E-state index in [0.29, 0.717) is 5.92 Å². The van der Waals surface area contributed by atoms with E-state index in [1.807, 2.05) is 18.2 Å². The molecule has 0 amide bonds. The van der Waals surface area contributed by atoms with Crippen LogP contribution in [-0.4, -0.2) is 13.1 Å². The van der Waals surface area contributed by atoms with Crippen molar-refractivity contribution in [3.8, 4) is 11.8 Å². The Morgan fingerprint density at radius 2 is 2.06 bits per heavy atom. The van der Waals surface area contributed by atoms with Gasteiger partial charge in [0.05, 0.1) is 7.11 Å². The third-order valence-electron chi connectivity index (χ3n) is 2.27. The van der Waals surface area contributed by atoms with Crippen LogP contribution in [0.25, 0.3) is 0 Å². The van der Waals surface area contributed by atoms with Gasteiger partial charge in [0.1, 0.15) is 6.42 Å². The molecule has 0 aliphatic heterocycles. The third kappa shape index (κ3) is 3.43. The minimum absolute atomic E-state index is 0.142. The molecule has 0 aliphatic rings. The highest BCUT2D eigenvalue weighted by Crippen LogP contribution is 2.17.